The summed E-state index contributed by atoms with van der Waals surface area (Å²) >= 11 is 5.98. The van der Waals surface area contributed by atoms with E-state index in [1.807, 2.05) is 72.8 Å². The Morgan fingerprint density at radius 1 is 0.952 bits per heavy atom. The molecular weight excluding hydrogens is 552 g/mol. The van der Waals surface area contributed by atoms with Crippen molar-refractivity contribution in [3.05, 3.63) is 130 Å². The molecule has 4 aromatic carbocycles. The highest BCUT2D eigenvalue weighted by Crippen LogP contribution is 2.44. The van der Waals surface area contributed by atoms with Crippen molar-refractivity contribution in [3.63, 3.8) is 0 Å². The number of rotatable bonds is 9. The Balaban J connectivity index is 1.30. The van der Waals surface area contributed by atoms with Gasteiger partial charge in [0, 0.05) is 16.7 Å². The smallest absolute Gasteiger partial charge is 0.349 e. The second-order valence-corrected chi connectivity index (χ2v) is 10.5. The van der Waals surface area contributed by atoms with E-state index in [1.165, 1.54) is 5.56 Å². The van der Waals surface area contributed by atoms with Gasteiger partial charge in [0.2, 0.25) is 5.88 Å². The predicted octanol–water partition coefficient (Wildman–Crippen LogP) is 7.24. The fourth-order valence-electron chi connectivity index (χ4n) is 4.63. The van der Waals surface area contributed by atoms with Crippen molar-refractivity contribution in [2.45, 2.75) is 32.3 Å². The summed E-state index contributed by atoms with van der Waals surface area (Å²) in [5.41, 5.74) is 10.1. The van der Waals surface area contributed by atoms with Crippen LogP contribution in [0.3, 0.4) is 0 Å². The van der Waals surface area contributed by atoms with Gasteiger partial charge in [-0.3, -0.25) is 0 Å². The third-order valence-electron chi connectivity index (χ3n) is 6.84. The molecule has 4 aromatic rings. The first-order chi connectivity index (χ1) is 20.3. The molecule has 0 amide bonds. The number of benzene rings is 4. The van der Waals surface area contributed by atoms with Crippen LogP contribution < -0.4 is 24.7 Å². The zero-order chi connectivity index (χ0) is 29.6. The highest BCUT2D eigenvalue weighted by Gasteiger charge is 2.31. The molecule has 8 heteroatoms. The summed E-state index contributed by atoms with van der Waals surface area (Å²) in [6.07, 6.45) is 0. The number of carbonyl (C=O) groups excluding carboxylic acids is 1. The Morgan fingerprint density at radius 2 is 1.69 bits per heavy atom. The molecule has 212 valence electrons. The second-order valence-electron chi connectivity index (χ2n) is 10.1. The lowest BCUT2D eigenvalue weighted by atomic mass is 9.83. The van der Waals surface area contributed by atoms with Gasteiger partial charge in [-0.1, -0.05) is 67.9 Å². The van der Waals surface area contributed by atoms with Crippen molar-refractivity contribution in [2.75, 3.05) is 6.61 Å². The predicted molar refractivity (Wildman–Crippen MR) is 160 cm³/mol. The fourth-order valence-corrected chi connectivity index (χ4v) is 4.75. The van der Waals surface area contributed by atoms with E-state index in [-0.39, 0.29) is 23.8 Å². The summed E-state index contributed by atoms with van der Waals surface area (Å²) in [5, 5.41) is 10.6. The van der Waals surface area contributed by atoms with E-state index in [1.54, 1.807) is 18.2 Å². The van der Waals surface area contributed by atoms with Crippen molar-refractivity contribution >= 4 is 17.6 Å². The van der Waals surface area contributed by atoms with Gasteiger partial charge in [-0.2, -0.15) is 5.26 Å². The number of halogens is 1. The van der Waals surface area contributed by atoms with E-state index < -0.39 is 11.9 Å². The maximum atomic E-state index is 12.5. The number of nitriles is 1. The molecule has 0 bridgehead atoms. The molecule has 0 radical (unpaired) electrons. The Morgan fingerprint density at radius 3 is 2.40 bits per heavy atom. The van der Waals surface area contributed by atoms with E-state index in [0.29, 0.717) is 40.4 Å². The summed E-state index contributed by atoms with van der Waals surface area (Å²) in [6, 6.07) is 29.7. The van der Waals surface area contributed by atoms with E-state index in [9.17, 15) is 10.1 Å². The zero-order valence-corrected chi connectivity index (χ0v) is 23.9. The van der Waals surface area contributed by atoms with Crippen LogP contribution in [0.4, 0.5) is 0 Å². The van der Waals surface area contributed by atoms with Crippen LogP contribution in [-0.4, -0.2) is 12.6 Å². The lowest BCUT2D eigenvalue weighted by Crippen LogP contribution is -2.21. The summed E-state index contributed by atoms with van der Waals surface area (Å²) in [4.78, 5) is 12.5. The quantitative estimate of drug-likeness (QED) is 0.164. The molecular formula is C34H29ClN2O5. The number of esters is 1. The zero-order valence-electron chi connectivity index (χ0n) is 23.2. The van der Waals surface area contributed by atoms with E-state index in [0.717, 1.165) is 11.1 Å². The molecule has 1 heterocycles. The maximum absolute atomic E-state index is 12.5. The monoisotopic (exact) mass is 580 g/mol. The molecule has 1 aliphatic heterocycles. The van der Waals surface area contributed by atoms with Crippen LogP contribution in [0.5, 0.6) is 23.0 Å². The van der Waals surface area contributed by atoms with Crippen molar-refractivity contribution in [1.29, 1.82) is 5.26 Å². The number of allylic oxidation sites excluding steroid dienone is 1. The number of ether oxygens (including phenoxy) is 4. The fraction of sp³-hybridized carbons (Fsp3) is 0.176. The van der Waals surface area contributed by atoms with E-state index >= 15 is 0 Å². The molecule has 2 N–H and O–H groups in total. The van der Waals surface area contributed by atoms with Gasteiger partial charge in [0.15, 0.2) is 6.61 Å². The number of hydrogen-bond acceptors (Lipinski definition) is 7. The molecule has 0 saturated carbocycles. The van der Waals surface area contributed by atoms with Crippen LogP contribution in [0, 0.1) is 11.3 Å². The van der Waals surface area contributed by atoms with Crippen LogP contribution in [0.25, 0.3) is 0 Å². The third kappa shape index (κ3) is 6.68. The minimum Gasteiger partial charge on any atom is -0.489 e. The summed E-state index contributed by atoms with van der Waals surface area (Å²) in [6.45, 7) is 4.32. The maximum Gasteiger partial charge on any atom is 0.349 e. The first-order valence-corrected chi connectivity index (χ1v) is 13.8. The number of nitrogens with two attached hydrogens (primary N) is 1. The minimum absolute atomic E-state index is 0.0147. The van der Waals surface area contributed by atoms with Crippen LogP contribution in [0.1, 0.15) is 47.9 Å². The molecule has 7 nitrogen and oxygen atoms in total. The minimum atomic E-state index is -0.568. The molecule has 0 spiro atoms. The van der Waals surface area contributed by atoms with Gasteiger partial charge in [0.05, 0.1) is 5.92 Å². The Labute approximate surface area is 249 Å². The first kappa shape index (κ1) is 28.6. The Bertz CT molecular complexity index is 1660. The topological polar surface area (TPSA) is 104 Å². The average Bonchev–Trinajstić information content (AvgIpc) is 2.99. The van der Waals surface area contributed by atoms with Crippen molar-refractivity contribution in [3.8, 4) is 29.1 Å². The molecule has 0 aromatic heterocycles. The average molecular weight is 581 g/mol. The normalized spacial score (nSPS) is 14.0. The van der Waals surface area contributed by atoms with Crippen molar-refractivity contribution in [2.24, 2.45) is 5.73 Å². The Hall–Kier alpha value is -4.93. The van der Waals surface area contributed by atoms with Crippen molar-refractivity contribution in [1.82, 2.24) is 0 Å². The van der Waals surface area contributed by atoms with Gasteiger partial charge in [-0.05, 0) is 65.1 Å². The second kappa shape index (κ2) is 12.7. The van der Waals surface area contributed by atoms with Crippen LogP contribution in [0.15, 0.2) is 102 Å². The molecule has 0 fully saturated rings. The summed E-state index contributed by atoms with van der Waals surface area (Å²) in [7, 11) is 0. The molecule has 1 aliphatic rings. The number of hydrogen-bond donors (Lipinski definition) is 1. The Kier molecular flexibility index (Phi) is 8.66. The SMILES string of the molecule is CC(C)c1ccc(OCC(=O)Oc2ccc3c(c2)OC(N)=C(C#N)C3c2cccc(OCc3ccc(Cl)cc3)c2)cc1. The third-order valence-corrected chi connectivity index (χ3v) is 7.09. The number of fused-ring (bicyclic) bond motifs is 1. The van der Waals surface area contributed by atoms with Gasteiger partial charge in [0.1, 0.15) is 41.2 Å². The van der Waals surface area contributed by atoms with E-state index in [4.69, 9.17) is 36.3 Å². The molecule has 0 aliphatic carbocycles. The lowest BCUT2D eigenvalue weighted by Gasteiger charge is -2.27. The van der Waals surface area contributed by atoms with Crippen molar-refractivity contribution < 1.29 is 23.7 Å². The lowest BCUT2D eigenvalue weighted by molar-refractivity contribution is -0.136. The molecule has 42 heavy (non-hydrogen) atoms. The molecule has 0 saturated heterocycles. The highest BCUT2D eigenvalue weighted by molar-refractivity contribution is 6.30. The van der Waals surface area contributed by atoms with Crippen LogP contribution in [-0.2, 0) is 11.4 Å². The van der Waals surface area contributed by atoms with Crippen LogP contribution >= 0.6 is 11.6 Å². The largest absolute Gasteiger partial charge is 0.489 e. The summed E-state index contributed by atoms with van der Waals surface area (Å²) < 4.78 is 22.9. The summed E-state index contributed by atoms with van der Waals surface area (Å²) in [5.74, 6) is 1.19. The first-order valence-electron chi connectivity index (χ1n) is 13.4. The molecule has 1 unspecified atom stereocenters. The standard InChI is InChI=1S/C34H29ClN2O5/c1-21(2)23-8-12-26(13-9-23)40-20-32(38)41-28-14-15-29-31(17-28)42-34(37)30(18-36)33(29)24-4-3-5-27(16-24)39-19-22-6-10-25(35)11-7-22/h3-17,21,33H,19-20,37H2,1-2H3. The number of nitrogens with zero attached hydrogens (tertiary/aromatic N) is 1. The van der Waals surface area contributed by atoms with Gasteiger partial charge in [-0.15, -0.1) is 0 Å². The van der Waals surface area contributed by atoms with Crippen LogP contribution in [0.2, 0.25) is 5.02 Å². The molecule has 5 rings (SSSR count). The van der Waals surface area contributed by atoms with Gasteiger partial charge >= 0.3 is 5.97 Å². The van der Waals surface area contributed by atoms with E-state index in [2.05, 4.69) is 19.9 Å². The van der Waals surface area contributed by atoms with Gasteiger partial charge < -0.3 is 24.7 Å². The number of carbonyl (C=O) groups is 1. The van der Waals surface area contributed by atoms with Gasteiger partial charge in [-0.25, -0.2) is 4.79 Å². The highest BCUT2D eigenvalue weighted by atomic mass is 35.5. The molecule has 1 atom stereocenters. The van der Waals surface area contributed by atoms with Gasteiger partial charge in [0.25, 0.3) is 0 Å².